The quantitative estimate of drug-likeness (QED) is 0.0228. The normalized spacial score (nSPS) is 18.5. The molecule has 0 aromatic carbocycles. The average molecular weight is 1130 g/mol. The first-order valence-corrected chi connectivity index (χ1v) is 31.9. The van der Waals surface area contributed by atoms with Crippen LogP contribution in [0.25, 0.3) is 0 Å². The van der Waals surface area contributed by atoms with Crippen LogP contribution in [0.1, 0.15) is 252 Å². The van der Waals surface area contributed by atoms with Crippen molar-refractivity contribution in [2.75, 3.05) is 13.2 Å². The Morgan fingerprint density at radius 2 is 0.778 bits per heavy atom. The van der Waals surface area contributed by atoms with Crippen molar-refractivity contribution < 1.29 is 58.2 Å². The van der Waals surface area contributed by atoms with Crippen LogP contribution in [0.2, 0.25) is 0 Å². The first-order chi connectivity index (χ1) is 39.6. The summed E-state index contributed by atoms with van der Waals surface area (Å²) in [7, 11) is 0. The second-order valence-electron chi connectivity index (χ2n) is 21.3. The van der Waals surface area contributed by atoms with Crippen LogP contribution in [0.15, 0.2) is 109 Å². The molecular weight excluding hydrogens is 1020 g/mol. The highest BCUT2D eigenvalue weighted by Crippen LogP contribution is 2.26. The molecule has 6 unspecified atom stereocenters. The summed E-state index contributed by atoms with van der Waals surface area (Å²) in [6.45, 7) is 5.73. The van der Waals surface area contributed by atoms with Crippen LogP contribution in [0.5, 0.6) is 0 Å². The van der Waals surface area contributed by atoms with Gasteiger partial charge in [-0.15, -0.1) is 0 Å². The largest absolute Gasteiger partial charge is 0.479 e. The standard InChI is InChI=1S/C69H112O12/c1-4-7-10-13-16-19-22-25-28-30-31-33-35-37-40-43-46-49-52-55-61(70)77-58-60(79-62(71)56-53-50-47-44-41-38-34-27-24-21-18-15-12-9-6-3)59-78-69-67(65(74)64(73)66(81-69)68(75)76)80-63(72)57-54-51-48-45-42-39-36-32-29-26-23-20-17-14-11-8-5-2/h7-8,10-11,16-21,25-29,31,33-34,60,64-67,69,73-74H,4-6,9,12-15,22-24,30,32,35-59H2,1-3H3,(H,75,76)/b10-7-,11-8-,19-16-,20-17-,21-18-,28-25-,29-26-,33-31-,34-27-. The highest BCUT2D eigenvalue weighted by Gasteiger charge is 2.50. The predicted molar refractivity (Wildman–Crippen MR) is 330 cm³/mol. The monoisotopic (exact) mass is 1130 g/mol. The molecule has 0 radical (unpaired) electrons. The lowest BCUT2D eigenvalue weighted by Crippen LogP contribution is -2.61. The van der Waals surface area contributed by atoms with E-state index in [2.05, 4.69) is 130 Å². The number of rotatable bonds is 53. The molecule has 1 saturated heterocycles. The van der Waals surface area contributed by atoms with Crippen molar-refractivity contribution in [3.8, 4) is 0 Å². The van der Waals surface area contributed by atoms with Crippen LogP contribution < -0.4 is 0 Å². The Morgan fingerprint density at radius 3 is 1.19 bits per heavy atom. The van der Waals surface area contributed by atoms with Crippen molar-refractivity contribution >= 4 is 23.9 Å². The summed E-state index contributed by atoms with van der Waals surface area (Å²) in [5.74, 6) is -3.17. The maximum absolute atomic E-state index is 13.2. The van der Waals surface area contributed by atoms with E-state index in [1.165, 1.54) is 19.3 Å². The third-order valence-corrected chi connectivity index (χ3v) is 13.8. The second-order valence-corrected chi connectivity index (χ2v) is 21.3. The van der Waals surface area contributed by atoms with Gasteiger partial charge in [0.25, 0.3) is 0 Å². The van der Waals surface area contributed by atoms with Gasteiger partial charge in [-0.3, -0.25) is 14.4 Å². The number of hydrogen-bond donors (Lipinski definition) is 3. The molecule has 460 valence electrons. The summed E-state index contributed by atoms with van der Waals surface area (Å²) in [6.07, 6.45) is 63.2. The SMILES string of the molecule is CC/C=C\C/C=C\C/C=C\C/C=C\CCCCCCCCC(=O)OCC(COC1OC(C(=O)O)C(O)C(O)C1OC(=O)CCCCCCCCC/C=C\C/C=C\C/C=C\CC)OC(=O)CCCCCCC/C=C\C/C=C\CCCCC. The van der Waals surface area contributed by atoms with Gasteiger partial charge in [0.05, 0.1) is 6.61 Å². The van der Waals surface area contributed by atoms with E-state index in [-0.39, 0.29) is 25.9 Å². The number of carboxylic acids is 1. The van der Waals surface area contributed by atoms with E-state index in [1.54, 1.807) is 0 Å². The van der Waals surface area contributed by atoms with E-state index in [4.69, 9.17) is 23.7 Å². The molecule has 1 aliphatic rings. The zero-order valence-corrected chi connectivity index (χ0v) is 50.7. The molecule has 3 N–H and O–H groups in total. The van der Waals surface area contributed by atoms with Crippen LogP contribution in [-0.2, 0) is 42.9 Å². The number of carbonyl (C=O) groups excluding carboxylic acids is 3. The van der Waals surface area contributed by atoms with Crippen molar-refractivity contribution in [2.24, 2.45) is 0 Å². The molecule has 81 heavy (non-hydrogen) atoms. The number of aliphatic carboxylic acids is 1. The third kappa shape index (κ3) is 45.6. The zero-order valence-electron chi connectivity index (χ0n) is 50.7. The van der Waals surface area contributed by atoms with Crippen molar-refractivity contribution in [1.29, 1.82) is 0 Å². The topological polar surface area (TPSA) is 175 Å². The second kappa shape index (κ2) is 55.9. The molecular formula is C69H112O12. The van der Waals surface area contributed by atoms with Crippen LogP contribution >= 0.6 is 0 Å². The van der Waals surface area contributed by atoms with Gasteiger partial charge in [0.1, 0.15) is 18.8 Å². The minimum absolute atomic E-state index is 0.0412. The summed E-state index contributed by atoms with van der Waals surface area (Å²) in [4.78, 5) is 51.3. The third-order valence-electron chi connectivity index (χ3n) is 13.8. The fourth-order valence-corrected chi connectivity index (χ4v) is 8.99. The number of aliphatic hydroxyl groups excluding tert-OH is 2. The van der Waals surface area contributed by atoms with E-state index in [9.17, 15) is 34.5 Å². The minimum atomic E-state index is -1.92. The molecule has 1 fully saturated rings. The van der Waals surface area contributed by atoms with E-state index in [1.807, 2.05) is 0 Å². The summed E-state index contributed by atoms with van der Waals surface area (Å²) in [5, 5.41) is 31.6. The Balaban J connectivity index is 2.69. The highest BCUT2D eigenvalue weighted by atomic mass is 16.7. The van der Waals surface area contributed by atoms with Crippen molar-refractivity contribution in [2.45, 2.75) is 289 Å². The summed E-state index contributed by atoms with van der Waals surface area (Å²) < 4.78 is 28.5. The Bertz CT molecular complexity index is 1820. The molecule has 1 aliphatic heterocycles. The molecule has 0 aromatic rings. The molecule has 0 bridgehead atoms. The van der Waals surface area contributed by atoms with E-state index < -0.39 is 67.3 Å². The maximum atomic E-state index is 13.2. The average Bonchev–Trinajstić information content (AvgIpc) is 3.53. The lowest BCUT2D eigenvalue weighted by Gasteiger charge is -2.40. The number of allylic oxidation sites excluding steroid dienone is 18. The summed E-state index contributed by atoms with van der Waals surface area (Å²) in [6, 6.07) is 0. The first-order valence-electron chi connectivity index (χ1n) is 31.9. The Hall–Kier alpha value is -4.62. The number of ether oxygens (including phenoxy) is 5. The molecule has 1 heterocycles. The van der Waals surface area contributed by atoms with Gasteiger partial charge in [0.2, 0.25) is 0 Å². The molecule has 6 atom stereocenters. The van der Waals surface area contributed by atoms with Gasteiger partial charge < -0.3 is 39.0 Å². The Kier molecular flexibility index (Phi) is 51.3. The van der Waals surface area contributed by atoms with Crippen LogP contribution in [0, 0.1) is 0 Å². The van der Waals surface area contributed by atoms with E-state index in [0.717, 1.165) is 173 Å². The number of carbonyl (C=O) groups is 4. The minimum Gasteiger partial charge on any atom is -0.479 e. The number of aliphatic hydroxyl groups is 2. The molecule has 12 nitrogen and oxygen atoms in total. The molecule has 0 amide bonds. The Morgan fingerprint density at radius 1 is 0.420 bits per heavy atom. The van der Waals surface area contributed by atoms with Crippen LogP contribution in [-0.4, -0.2) is 89.2 Å². The molecule has 1 rings (SSSR count). The van der Waals surface area contributed by atoms with Gasteiger partial charge in [0.15, 0.2) is 24.6 Å². The van der Waals surface area contributed by atoms with Crippen LogP contribution in [0.3, 0.4) is 0 Å². The number of carboxylic acid groups (broad SMARTS) is 1. The molecule has 0 spiro atoms. The van der Waals surface area contributed by atoms with E-state index in [0.29, 0.717) is 19.3 Å². The summed E-state index contributed by atoms with van der Waals surface area (Å²) >= 11 is 0. The molecule has 0 aliphatic carbocycles. The molecule has 12 heteroatoms. The lowest BCUT2D eigenvalue weighted by molar-refractivity contribution is -0.301. The van der Waals surface area contributed by atoms with Gasteiger partial charge in [-0.2, -0.15) is 0 Å². The van der Waals surface area contributed by atoms with Gasteiger partial charge in [-0.1, -0.05) is 220 Å². The van der Waals surface area contributed by atoms with Gasteiger partial charge >= 0.3 is 23.9 Å². The van der Waals surface area contributed by atoms with Crippen molar-refractivity contribution in [3.63, 3.8) is 0 Å². The zero-order chi connectivity index (χ0) is 58.9. The molecule has 0 aromatic heterocycles. The fourth-order valence-electron chi connectivity index (χ4n) is 8.99. The highest BCUT2D eigenvalue weighted by molar-refractivity contribution is 5.74. The van der Waals surface area contributed by atoms with Crippen molar-refractivity contribution in [1.82, 2.24) is 0 Å². The first kappa shape index (κ1) is 74.4. The number of hydrogen-bond acceptors (Lipinski definition) is 11. The van der Waals surface area contributed by atoms with E-state index >= 15 is 0 Å². The smallest absolute Gasteiger partial charge is 0.335 e. The Labute approximate surface area is 491 Å². The predicted octanol–water partition coefficient (Wildman–Crippen LogP) is 17.0. The van der Waals surface area contributed by atoms with Gasteiger partial charge in [-0.25, -0.2) is 4.79 Å². The van der Waals surface area contributed by atoms with Gasteiger partial charge in [-0.05, 0) is 122 Å². The number of esters is 3. The van der Waals surface area contributed by atoms with Gasteiger partial charge in [0, 0.05) is 19.3 Å². The summed E-state index contributed by atoms with van der Waals surface area (Å²) in [5.41, 5.74) is 0. The molecule has 0 saturated carbocycles. The van der Waals surface area contributed by atoms with Crippen LogP contribution in [0.4, 0.5) is 0 Å². The van der Waals surface area contributed by atoms with Crippen molar-refractivity contribution in [3.05, 3.63) is 109 Å². The maximum Gasteiger partial charge on any atom is 0.335 e. The lowest BCUT2D eigenvalue weighted by atomic mass is 9.98. The number of unbranched alkanes of at least 4 members (excludes halogenated alkanes) is 21. The fraction of sp³-hybridized carbons (Fsp3) is 0.681.